The molecule has 1 aromatic rings. The molecule has 0 spiro atoms. The van der Waals surface area contributed by atoms with Crippen LogP contribution in [0.15, 0.2) is 18.3 Å². The van der Waals surface area contributed by atoms with Crippen molar-refractivity contribution < 1.29 is 9.59 Å². The Morgan fingerprint density at radius 2 is 1.50 bits per heavy atom. The van der Waals surface area contributed by atoms with Gasteiger partial charge in [0.2, 0.25) is 0 Å². The van der Waals surface area contributed by atoms with Crippen LogP contribution >= 0.6 is 0 Å². The maximum absolute atomic E-state index is 13.0. The Morgan fingerprint density at radius 3 is 2.23 bits per heavy atom. The lowest BCUT2D eigenvalue weighted by atomic mass is 9.95. The zero-order chi connectivity index (χ0) is 20.8. The fraction of sp³-hybridized carbons (Fsp3) is 0.696. The first-order valence-electron chi connectivity index (χ1n) is 11.8. The first kappa shape index (κ1) is 20.9. The number of amides is 3. The Bertz CT molecular complexity index is 720. The minimum Gasteiger partial charge on any atom is -0.356 e. The first-order chi connectivity index (χ1) is 14.7. The van der Waals surface area contributed by atoms with E-state index in [1.807, 2.05) is 17.0 Å². The molecule has 0 bridgehead atoms. The molecular weight excluding hydrogens is 378 g/mol. The quantitative estimate of drug-likeness (QED) is 0.794. The van der Waals surface area contributed by atoms with Gasteiger partial charge in [0, 0.05) is 44.5 Å². The number of likely N-dealkylation sites (tertiary alicyclic amines) is 1. The SMILES string of the molecule is O=C(NC1CCN(C(=O)NC2CCCCC2)CC1)c1cccnc1N1CCCCC1. The van der Waals surface area contributed by atoms with E-state index in [0.29, 0.717) is 24.7 Å². The average Bonchev–Trinajstić information content (AvgIpc) is 2.81. The van der Waals surface area contributed by atoms with E-state index in [0.717, 1.165) is 57.4 Å². The summed E-state index contributed by atoms with van der Waals surface area (Å²) in [6.45, 7) is 3.31. The van der Waals surface area contributed by atoms with Crippen molar-refractivity contribution in [1.29, 1.82) is 0 Å². The van der Waals surface area contributed by atoms with E-state index >= 15 is 0 Å². The molecule has 3 aliphatic rings. The third kappa shape index (κ3) is 5.24. The van der Waals surface area contributed by atoms with Crippen molar-refractivity contribution in [2.45, 2.75) is 76.3 Å². The van der Waals surface area contributed by atoms with Crippen LogP contribution in [-0.4, -0.2) is 60.1 Å². The van der Waals surface area contributed by atoms with Crippen LogP contribution in [0.25, 0.3) is 0 Å². The zero-order valence-electron chi connectivity index (χ0n) is 17.9. The summed E-state index contributed by atoms with van der Waals surface area (Å²) >= 11 is 0. The lowest BCUT2D eigenvalue weighted by Gasteiger charge is -2.34. The van der Waals surface area contributed by atoms with Crippen LogP contribution in [0.1, 0.15) is 74.6 Å². The predicted molar refractivity (Wildman–Crippen MR) is 118 cm³/mol. The van der Waals surface area contributed by atoms with E-state index in [1.54, 1.807) is 6.20 Å². The van der Waals surface area contributed by atoms with E-state index in [4.69, 9.17) is 0 Å². The fourth-order valence-electron chi connectivity index (χ4n) is 4.93. The lowest BCUT2D eigenvalue weighted by Crippen LogP contribution is -2.51. The molecule has 1 saturated carbocycles. The van der Waals surface area contributed by atoms with Crippen LogP contribution in [0, 0.1) is 0 Å². The standard InChI is InChI=1S/C23H35N5O2/c29-22(20-10-7-13-24-21(20)27-14-5-2-6-15-27)25-19-11-16-28(17-12-19)23(30)26-18-8-3-1-4-9-18/h7,10,13,18-19H,1-6,8-9,11-12,14-17H2,(H,25,29)(H,26,30). The molecule has 2 aliphatic heterocycles. The number of anilines is 1. The van der Waals surface area contributed by atoms with Crippen molar-refractivity contribution in [1.82, 2.24) is 20.5 Å². The van der Waals surface area contributed by atoms with Gasteiger partial charge in [-0.05, 0) is 57.1 Å². The second kappa shape index (κ2) is 10.1. The summed E-state index contributed by atoms with van der Waals surface area (Å²) in [6.07, 6.45) is 12.8. The molecule has 3 amide bonds. The molecular formula is C23H35N5O2. The molecule has 2 N–H and O–H groups in total. The number of rotatable bonds is 4. The Labute approximate surface area is 179 Å². The van der Waals surface area contributed by atoms with Gasteiger partial charge in [-0.2, -0.15) is 0 Å². The minimum absolute atomic E-state index is 0.0474. The number of nitrogens with one attached hydrogen (secondary N) is 2. The van der Waals surface area contributed by atoms with Crippen LogP contribution in [0.2, 0.25) is 0 Å². The lowest BCUT2D eigenvalue weighted by molar-refractivity contribution is 0.0917. The van der Waals surface area contributed by atoms with Crippen LogP contribution in [0.3, 0.4) is 0 Å². The van der Waals surface area contributed by atoms with Gasteiger partial charge in [-0.25, -0.2) is 9.78 Å². The molecule has 0 unspecified atom stereocenters. The van der Waals surface area contributed by atoms with E-state index in [-0.39, 0.29) is 18.0 Å². The molecule has 1 aromatic heterocycles. The summed E-state index contributed by atoms with van der Waals surface area (Å²) < 4.78 is 0. The molecule has 4 rings (SSSR count). The summed E-state index contributed by atoms with van der Waals surface area (Å²) in [4.78, 5) is 34.2. The van der Waals surface area contributed by atoms with Gasteiger partial charge in [0.25, 0.3) is 5.91 Å². The van der Waals surface area contributed by atoms with Gasteiger partial charge in [0.05, 0.1) is 5.56 Å². The molecule has 30 heavy (non-hydrogen) atoms. The molecule has 3 fully saturated rings. The van der Waals surface area contributed by atoms with Gasteiger partial charge < -0.3 is 20.4 Å². The fourth-order valence-corrected chi connectivity index (χ4v) is 4.93. The van der Waals surface area contributed by atoms with Crippen LogP contribution in [0.4, 0.5) is 10.6 Å². The molecule has 1 aliphatic carbocycles. The van der Waals surface area contributed by atoms with Crippen LogP contribution in [0.5, 0.6) is 0 Å². The summed E-state index contributed by atoms with van der Waals surface area (Å²) in [5, 5.41) is 6.39. The van der Waals surface area contributed by atoms with Crippen molar-refractivity contribution in [3.8, 4) is 0 Å². The topological polar surface area (TPSA) is 77.6 Å². The Morgan fingerprint density at radius 1 is 0.833 bits per heavy atom. The molecule has 7 nitrogen and oxygen atoms in total. The van der Waals surface area contributed by atoms with Crippen molar-refractivity contribution >= 4 is 17.8 Å². The summed E-state index contributed by atoms with van der Waals surface area (Å²) in [7, 11) is 0. The zero-order valence-corrected chi connectivity index (χ0v) is 17.9. The maximum atomic E-state index is 13.0. The number of pyridine rings is 1. The molecule has 3 heterocycles. The molecule has 164 valence electrons. The highest BCUT2D eigenvalue weighted by Gasteiger charge is 2.27. The number of aromatic nitrogens is 1. The highest BCUT2D eigenvalue weighted by Crippen LogP contribution is 2.22. The maximum Gasteiger partial charge on any atom is 0.317 e. The highest BCUT2D eigenvalue weighted by molar-refractivity contribution is 5.99. The first-order valence-corrected chi connectivity index (χ1v) is 11.8. The monoisotopic (exact) mass is 413 g/mol. The third-order valence-electron chi connectivity index (χ3n) is 6.74. The van der Waals surface area contributed by atoms with Crippen molar-refractivity contribution in [2.75, 3.05) is 31.1 Å². The average molecular weight is 414 g/mol. The van der Waals surface area contributed by atoms with E-state index in [1.165, 1.54) is 25.7 Å². The minimum atomic E-state index is -0.0474. The molecule has 0 aromatic carbocycles. The van der Waals surface area contributed by atoms with Crippen LogP contribution < -0.4 is 15.5 Å². The van der Waals surface area contributed by atoms with Crippen molar-refractivity contribution in [3.05, 3.63) is 23.9 Å². The smallest absolute Gasteiger partial charge is 0.317 e. The number of nitrogens with zero attached hydrogens (tertiary/aromatic N) is 3. The van der Waals surface area contributed by atoms with Gasteiger partial charge >= 0.3 is 6.03 Å². The van der Waals surface area contributed by atoms with E-state index < -0.39 is 0 Å². The summed E-state index contributed by atoms with van der Waals surface area (Å²) in [5.74, 6) is 0.757. The summed E-state index contributed by atoms with van der Waals surface area (Å²) in [6, 6.07) is 4.21. The third-order valence-corrected chi connectivity index (χ3v) is 6.74. The molecule has 2 saturated heterocycles. The molecule has 0 radical (unpaired) electrons. The van der Waals surface area contributed by atoms with Crippen molar-refractivity contribution in [2.24, 2.45) is 0 Å². The number of urea groups is 1. The summed E-state index contributed by atoms with van der Waals surface area (Å²) in [5.41, 5.74) is 0.664. The van der Waals surface area contributed by atoms with E-state index in [2.05, 4.69) is 20.5 Å². The van der Waals surface area contributed by atoms with Gasteiger partial charge in [0.1, 0.15) is 5.82 Å². The normalized spacial score (nSPS) is 21.3. The number of piperidine rings is 2. The highest BCUT2D eigenvalue weighted by atomic mass is 16.2. The van der Waals surface area contributed by atoms with Gasteiger partial charge in [-0.3, -0.25) is 4.79 Å². The molecule has 0 atom stereocenters. The Kier molecular flexibility index (Phi) is 7.07. The Balaban J connectivity index is 1.28. The van der Waals surface area contributed by atoms with Gasteiger partial charge in [-0.1, -0.05) is 19.3 Å². The predicted octanol–water partition coefficient (Wildman–Crippen LogP) is 3.31. The Hall–Kier alpha value is -2.31. The van der Waals surface area contributed by atoms with E-state index in [9.17, 15) is 9.59 Å². The number of carbonyl (C=O) groups excluding carboxylic acids is 2. The van der Waals surface area contributed by atoms with Gasteiger partial charge in [0.15, 0.2) is 0 Å². The number of carbonyl (C=O) groups is 2. The number of hydrogen-bond donors (Lipinski definition) is 2. The van der Waals surface area contributed by atoms with Crippen LogP contribution in [-0.2, 0) is 0 Å². The second-order valence-corrected chi connectivity index (χ2v) is 8.94. The second-order valence-electron chi connectivity index (χ2n) is 8.94. The van der Waals surface area contributed by atoms with Gasteiger partial charge in [-0.15, -0.1) is 0 Å². The number of hydrogen-bond acceptors (Lipinski definition) is 4. The largest absolute Gasteiger partial charge is 0.356 e. The van der Waals surface area contributed by atoms with Crippen molar-refractivity contribution in [3.63, 3.8) is 0 Å². The molecule has 7 heteroatoms.